The van der Waals surface area contributed by atoms with Gasteiger partial charge < -0.3 is 5.32 Å². The van der Waals surface area contributed by atoms with Crippen LogP contribution in [0.1, 0.15) is 0 Å². The molecule has 0 aliphatic heterocycles. The molecule has 1 rings (SSSR count). The van der Waals surface area contributed by atoms with Crippen LogP contribution in [0.25, 0.3) is 0 Å². The third-order valence-corrected chi connectivity index (χ3v) is 2.33. The molecule has 70 valence electrons. The maximum Gasteiger partial charge on any atom is 0.296 e. The van der Waals surface area contributed by atoms with Crippen LogP contribution in [0, 0.1) is 0 Å². The largest absolute Gasteiger partial charge is 0.361 e. The highest BCUT2D eigenvalue weighted by Gasteiger charge is 2.13. The summed E-state index contributed by atoms with van der Waals surface area (Å²) in [6.07, 6.45) is 1.34. The van der Waals surface area contributed by atoms with Gasteiger partial charge in [0, 0.05) is 0 Å². The summed E-state index contributed by atoms with van der Waals surface area (Å²) < 4.78 is 30.4. The molecule has 0 unspecified atom stereocenters. The quantitative estimate of drug-likeness (QED) is 0.724. The molecular formula is C8H9NO3S. The average Bonchev–Trinajstić information content (AvgIpc) is 2.04. The Balaban J connectivity index is 3.28. The molecule has 5 heteroatoms. The zero-order valence-electron chi connectivity index (χ0n) is 6.77. The fourth-order valence-corrected chi connectivity index (χ4v) is 1.58. The lowest BCUT2D eigenvalue weighted by Gasteiger charge is -2.04. The van der Waals surface area contributed by atoms with E-state index in [1.807, 2.05) is 0 Å². The van der Waals surface area contributed by atoms with Crippen LogP contribution in [-0.2, 0) is 10.1 Å². The summed E-state index contributed by atoms with van der Waals surface area (Å²) in [5, 5.41) is 2.61. The zero-order valence-corrected chi connectivity index (χ0v) is 7.58. The van der Waals surface area contributed by atoms with E-state index in [9.17, 15) is 8.42 Å². The number of anilines is 1. The summed E-state index contributed by atoms with van der Waals surface area (Å²) in [4.78, 5) is -0.157. The highest BCUT2D eigenvalue weighted by atomic mass is 32.2. The minimum Gasteiger partial charge on any atom is -0.361 e. The first-order valence-electron chi connectivity index (χ1n) is 3.49. The molecule has 0 aromatic heterocycles. The van der Waals surface area contributed by atoms with Gasteiger partial charge in [0.15, 0.2) is 0 Å². The van der Waals surface area contributed by atoms with Gasteiger partial charge in [-0.25, -0.2) is 0 Å². The summed E-state index contributed by atoms with van der Waals surface area (Å²) >= 11 is 0. The lowest BCUT2D eigenvalue weighted by Crippen LogP contribution is -2.02. The van der Waals surface area contributed by atoms with Crippen LogP contribution in [0.15, 0.2) is 41.9 Å². The van der Waals surface area contributed by atoms with Gasteiger partial charge in [-0.15, -0.1) is 0 Å². The fraction of sp³-hybridized carbons (Fsp3) is 0. The Morgan fingerprint density at radius 3 is 2.54 bits per heavy atom. The Morgan fingerprint density at radius 1 is 1.38 bits per heavy atom. The summed E-state index contributed by atoms with van der Waals surface area (Å²) in [7, 11) is -4.17. The summed E-state index contributed by atoms with van der Waals surface area (Å²) in [6, 6.07) is 6.02. The third kappa shape index (κ3) is 2.30. The maximum absolute atomic E-state index is 10.8. The van der Waals surface area contributed by atoms with Crippen LogP contribution in [-0.4, -0.2) is 13.0 Å². The van der Waals surface area contributed by atoms with Crippen molar-refractivity contribution in [2.24, 2.45) is 0 Å². The van der Waals surface area contributed by atoms with Crippen LogP contribution in [0.4, 0.5) is 5.69 Å². The molecule has 0 bridgehead atoms. The second kappa shape index (κ2) is 3.59. The Labute approximate surface area is 76.7 Å². The molecule has 0 radical (unpaired) electrons. The number of nitrogens with one attached hydrogen (secondary N) is 1. The first-order valence-corrected chi connectivity index (χ1v) is 4.93. The normalized spacial score (nSPS) is 10.8. The Kier molecular flexibility index (Phi) is 2.69. The number of benzene rings is 1. The standard InChI is InChI=1S/C8H9NO3S/c1-2-9-7-5-3-4-6-8(7)13(10,11)12/h2-6,9H,1H2,(H,10,11,12). The van der Waals surface area contributed by atoms with Gasteiger partial charge >= 0.3 is 0 Å². The summed E-state index contributed by atoms with van der Waals surface area (Å²) in [5.74, 6) is 0. The van der Waals surface area contributed by atoms with Crippen molar-refractivity contribution in [2.45, 2.75) is 4.90 Å². The Morgan fingerprint density at radius 2 is 2.00 bits per heavy atom. The van der Waals surface area contributed by atoms with Crippen molar-refractivity contribution in [3.05, 3.63) is 37.0 Å². The summed E-state index contributed by atoms with van der Waals surface area (Å²) in [5.41, 5.74) is 0.306. The van der Waals surface area contributed by atoms with E-state index in [4.69, 9.17) is 4.55 Å². The second-order valence-electron chi connectivity index (χ2n) is 2.32. The second-order valence-corrected chi connectivity index (χ2v) is 3.71. The van der Waals surface area contributed by atoms with E-state index in [0.29, 0.717) is 5.69 Å². The number of rotatable bonds is 3. The third-order valence-electron chi connectivity index (χ3n) is 1.42. The number of hydrogen-bond donors (Lipinski definition) is 2. The van der Waals surface area contributed by atoms with Crippen LogP contribution in [0.2, 0.25) is 0 Å². The predicted octanol–water partition coefficient (Wildman–Crippen LogP) is 1.49. The van der Waals surface area contributed by atoms with E-state index in [2.05, 4.69) is 11.9 Å². The first kappa shape index (κ1) is 9.76. The van der Waals surface area contributed by atoms with E-state index in [1.165, 1.54) is 24.4 Å². The number of para-hydroxylation sites is 1. The van der Waals surface area contributed by atoms with Gasteiger partial charge in [-0.3, -0.25) is 4.55 Å². The van der Waals surface area contributed by atoms with E-state index in [1.54, 1.807) is 6.07 Å². The van der Waals surface area contributed by atoms with Gasteiger partial charge in [0.05, 0.1) is 5.69 Å². The number of hydrogen-bond acceptors (Lipinski definition) is 3. The van der Waals surface area contributed by atoms with Crippen LogP contribution in [0.5, 0.6) is 0 Å². The van der Waals surface area contributed by atoms with E-state index >= 15 is 0 Å². The van der Waals surface area contributed by atoms with Crippen molar-refractivity contribution >= 4 is 15.8 Å². The van der Waals surface area contributed by atoms with Gasteiger partial charge in [0.1, 0.15) is 4.90 Å². The molecule has 0 amide bonds. The monoisotopic (exact) mass is 199 g/mol. The van der Waals surface area contributed by atoms with Gasteiger partial charge in [-0.1, -0.05) is 18.7 Å². The molecule has 0 aliphatic carbocycles. The molecule has 1 aromatic carbocycles. The van der Waals surface area contributed by atoms with Crippen LogP contribution < -0.4 is 5.32 Å². The highest BCUT2D eigenvalue weighted by Crippen LogP contribution is 2.19. The molecular weight excluding hydrogens is 190 g/mol. The van der Waals surface area contributed by atoms with Crippen molar-refractivity contribution < 1.29 is 13.0 Å². The van der Waals surface area contributed by atoms with Crippen molar-refractivity contribution in [3.63, 3.8) is 0 Å². The molecule has 1 aromatic rings. The molecule has 0 heterocycles. The van der Waals surface area contributed by atoms with Crippen molar-refractivity contribution in [1.82, 2.24) is 0 Å². The van der Waals surface area contributed by atoms with Crippen molar-refractivity contribution in [3.8, 4) is 0 Å². The molecule has 2 N–H and O–H groups in total. The lowest BCUT2D eigenvalue weighted by atomic mass is 10.3. The molecule has 0 aliphatic rings. The fourth-order valence-electron chi connectivity index (χ4n) is 0.921. The Bertz CT molecular complexity index is 411. The zero-order chi connectivity index (χ0) is 9.90. The van der Waals surface area contributed by atoms with Gasteiger partial charge in [-0.05, 0) is 18.3 Å². The molecule has 0 saturated heterocycles. The van der Waals surface area contributed by atoms with E-state index < -0.39 is 10.1 Å². The van der Waals surface area contributed by atoms with Crippen LogP contribution in [0.3, 0.4) is 0 Å². The predicted molar refractivity (Wildman–Crippen MR) is 50.1 cm³/mol. The minimum absolute atomic E-state index is 0.157. The van der Waals surface area contributed by atoms with Crippen molar-refractivity contribution in [2.75, 3.05) is 5.32 Å². The minimum atomic E-state index is -4.17. The van der Waals surface area contributed by atoms with Gasteiger partial charge in [0.25, 0.3) is 10.1 Å². The molecule has 0 fully saturated rings. The maximum atomic E-state index is 10.8. The molecule has 0 spiro atoms. The van der Waals surface area contributed by atoms with Gasteiger partial charge in [-0.2, -0.15) is 8.42 Å². The van der Waals surface area contributed by atoms with Gasteiger partial charge in [0.2, 0.25) is 0 Å². The van der Waals surface area contributed by atoms with Crippen LogP contribution >= 0.6 is 0 Å². The first-order chi connectivity index (χ1) is 6.05. The van der Waals surface area contributed by atoms with E-state index in [0.717, 1.165) is 0 Å². The molecule has 0 atom stereocenters. The SMILES string of the molecule is C=CNc1ccccc1S(=O)(=O)O. The Hall–Kier alpha value is -1.33. The molecule has 4 nitrogen and oxygen atoms in total. The molecule has 13 heavy (non-hydrogen) atoms. The van der Waals surface area contributed by atoms with E-state index in [-0.39, 0.29) is 4.90 Å². The summed E-state index contributed by atoms with van der Waals surface area (Å²) in [6.45, 7) is 3.39. The highest BCUT2D eigenvalue weighted by molar-refractivity contribution is 7.86. The van der Waals surface area contributed by atoms with Crippen molar-refractivity contribution in [1.29, 1.82) is 0 Å². The lowest BCUT2D eigenvalue weighted by molar-refractivity contribution is 0.483. The topological polar surface area (TPSA) is 66.4 Å². The molecule has 0 saturated carbocycles. The smallest absolute Gasteiger partial charge is 0.296 e. The average molecular weight is 199 g/mol.